The summed E-state index contributed by atoms with van der Waals surface area (Å²) in [7, 11) is 0. The quantitative estimate of drug-likeness (QED) is 0.174. The highest BCUT2D eigenvalue weighted by Gasteiger charge is 2.36. The van der Waals surface area contributed by atoms with Crippen LogP contribution in [0.25, 0.3) is 0 Å². The summed E-state index contributed by atoms with van der Waals surface area (Å²) in [4.78, 5) is 38.6. The first-order valence-electron chi connectivity index (χ1n) is 11.4. The lowest BCUT2D eigenvalue weighted by atomic mass is 9.82. The Balaban J connectivity index is 3.17. The minimum Gasteiger partial charge on any atom is -0.461 e. The number of allylic oxidation sites excluding steroid dienone is 1. The van der Waals surface area contributed by atoms with Crippen LogP contribution in [0.5, 0.6) is 0 Å². The van der Waals surface area contributed by atoms with Gasteiger partial charge in [0.05, 0.1) is 11.8 Å². The normalized spacial score (nSPS) is 13.8. The van der Waals surface area contributed by atoms with Gasteiger partial charge in [-0.2, -0.15) is 0 Å². The van der Waals surface area contributed by atoms with E-state index in [-0.39, 0.29) is 24.9 Å². The largest absolute Gasteiger partial charge is 0.461 e. The van der Waals surface area contributed by atoms with Crippen LogP contribution in [0.1, 0.15) is 58.9 Å². The number of nitrogens with one attached hydrogen (secondary N) is 2. The third-order valence-corrected chi connectivity index (χ3v) is 5.49. The number of ether oxygens (including phenoxy) is 1. The molecular formula is C25H38N2O5. The number of hydrogen-bond donors (Lipinski definition) is 3. The van der Waals surface area contributed by atoms with E-state index in [1.165, 1.54) is 0 Å². The fourth-order valence-electron chi connectivity index (χ4n) is 3.70. The first kappa shape index (κ1) is 27.4. The summed E-state index contributed by atoms with van der Waals surface area (Å²) in [5.74, 6) is -2.98. The molecule has 3 N–H and O–H groups in total. The van der Waals surface area contributed by atoms with Crippen LogP contribution in [0.4, 0.5) is 0 Å². The van der Waals surface area contributed by atoms with Crippen LogP contribution in [-0.4, -0.2) is 35.1 Å². The molecule has 0 aliphatic rings. The van der Waals surface area contributed by atoms with Crippen molar-refractivity contribution in [1.29, 1.82) is 0 Å². The second kappa shape index (κ2) is 14.4. The number of hydrogen-bond acceptors (Lipinski definition) is 5. The van der Waals surface area contributed by atoms with Crippen molar-refractivity contribution in [2.45, 2.75) is 71.9 Å². The van der Waals surface area contributed by atoms with E-state index in [0.29, 0.717) is 19.3 Å². The molecule has 2 amide bonds. The number of hydroxylamine groups is 1. The molecule has 0 spiro atoms. The summed E-state index contributed by atoms with van der Waals surface area (Å²) in [5, 5.41) is 12.0. The zero-order valence-electron chi connectivity index (χ0n) is 19.7. The predicted octanol–water partition coefficient (Wildman–Crippen LogP) is 3.81. The molecule has 32 heavy (non-hydrogen) atoms. The van der Waals surface area contributed by atoms with Crippen LogP contribution in [0.3, 0.4) is 0 Å². The average molecular weight is 447 g/mol. The number of rotatable bonds is 14. The molecule has 0 saturated carbocycles. The molecule has 7 heteroatoms. The Morgan fingerprint density at radius 2 is 1.69 bits per heavy atom. The van der Waals surface area contributed by atoms with Gasteiger partial charge in [-0.3, -0.25) is 14.8 Å². The van der Waals surface area contributed by atoms with Gasteiger partial charge in [0, 0.05) is 6.42 Å². The third kappa shape index (κ3) is 8.83. The molecule has 0 heterocycles. The van der Waals surface area contributed by atoms with Crippen LogP contribution >= 0.6 is 0 Å². The fraction of sp³-hybridized carbons (Fsp3) is 0.560. The summed E-state index contributed by atoms with van der Waals surface area (Å²) < 4.78 is 5.63. The van der Waals surface area contributed by atoms with Crippen molar-refractivity contribution in [2.75, 3.05) is 0 Å². The maximum Gasteiger partial charge on any atom is 0.329 e. The molecule has 1 aromatic rings. The Kier molecular flexibility index (Phi) is 12.3. The van der Waals surface area contributed by atoms with E-state index in [2.05, 4.69) is 11.9 Å². The number of esters is 1. The Morgan fingerprint density at radius 3 is 2.19 bits per heavy atom. The SMILES string of the molecule is C=CC[C@H](C(=O)NO)[C@@H](CC(C)C)C(=O)N[C@@H](Cc1ccccc1)C(=O)OC(CC)CC. The van der Waals surface area contributed by atoms with Gasteiger partial charge in [-0.1, -0.05) is 64.1 Å². The standard InChI is InChI=1S/C25H38N2O5/c1-6-12-20(24(29)27-31)21(15-17(4)5)23(28)26-22(16-18-13-10-9-11-14-18)25(30)32-19(7-2)8-3/h6,9-11,13-14,17,19-22,31H,1,7-8,12,15-16H2,2-5H3,(H,26,28)(H,27,29)/t20-,21+,22-/m0/s1. The lowest BCUT2D eigenvalue weighted by Gasteiger charge is -2.28. The molecule has 1 aromatic carbocycles. The summed E-state index contributed by atoms with van der Waals surface area (Å²) in [6, 6.07) is 8.50. The fourth-order valence-corrected chi connectivity index (χ4v) is 3.70. The minimum atomic E-state index is -0.887. The van der Waals surface area contributed by atoms with Gasteiger partial charge < -0.3 is 10.1 Å². The summed E-state index contributed by atoms with van der Waals surface area (Å²) >= 11 is 0. The number of benzene rings is 1. The molecule has 0 aliphatic carbocycles. The average Bonchev–Trinajstić information content (AvgIpc) is 2.78. The zero-order chi connectivity index (χ0) is 24.1. The van der Waals surface area contributed by atoms with Crippen LogP contribution in [0.2, 0.25) is 0 Å². The summed E-state index contributed by atoms with van der Waals surface area (Å²) in [6.07, 6.45) is 3.60. The lowest BCUT2D eigenvalue weighted by molar-refractivity contribution is -0.154. The molecule has 0 saturated heterocycles. The summed E-state index contributed by atoms with van der Waals surface area (Å²) in [6.45, 7) is 11.5. The van der Waals surface area contributed by atoms with Crippen molar-refractivity contribution in [3.8, 4) is 0 Å². The molecule has 0 bridgehead atoms. The van der Waals surface area contributed by atoms with Gasteiger partial charge in [0.1, 0.15) is 12.1 Å². The minimum absolute atomic E-state index is 0.119. The zero-order valence-corrected chi connectivity index (χ0v) is 19.7. The van der Waals surface area contributed by atoms with Gasteiger partial charge >= 0.3 is 5.97 Å². The topological polar surface area (TPSA) is 105 Å². The van der Waals surface area contributed by atoms with Gasteiger partial charge in [0.2, 0.25) is 11.8 Å². The van der Waals surface area contributed by atoms with E-state index in [1.807, 2.05) is 58.0 Å². The molecule has 0 fully saturated rings. The van der Waals surface area contributed by atoms with E-state index < -0.39 is 35.7 Å². The van der Waals surface area contributed by atoms with E-state index in [1.54, 1.807) is 11.6 Å². The molecule has 1 rings (SSSR count). The van der Waals surface area contributed by atoms with Crippen molar-refractivity contribution in [2.24, 2.45) is 17.8 Å². The monoisotopic (exact) mass is 446 g/mol. The van der Waals surface area contributed by atoms with Crippen LogP contribution < -0.4 is 10.8 Å². The number of amides is 2. The summed E-state index contributed by atoms with van der Waals surface area (Å²) in [5.41, 5.74) is 2.54. The van der Waals surface area contributed by atoms with Crippen molar-refractivity contribution in [1.82, 2.24) is 10.8 Å². The number of carbonyl (C=O) groups is 3. The van der Waals surface area contributed by atoms with Crippen LogP contribution in [0.15, 0.2) is 43.0 Å². The van der Waals surface area contributed by atoms with Gasteiger partial charge in [-0.25, -0.2) is 10.3 Å². The Hall–Kier alpha value is -2.67. The highest BCUT2D eigenvalue weighted by molar-refractivity contribution is 5.90. The Bertz CT molecular complexity index is 731. The van der Waals surface area contributed by atoms with Crippen molar-refractivity contribution >= 4 is 17.8 Å². The molecular weight excluding hydrogens is 408 g/mol. The molecule has 0 aromatic heterocycles. The van der Waals surface area contributed by atoms with Gasteiger partial charge in [0.25, 0.3) is 0 Å². The third-order valence-electron chi connectivity index (χ3n) is 5.49. The lowest BCUT2D eigenvalue weighted by Crippen LogP contribution is -2.49. The molecule has 3 atom stereocenters. The molecule has 178 valence electrons. The molecule has 0 unspecified atom stereocenters. The molecule has 7 nitrogen and oxygen atoms in total. The predicted molar refractivity (Wildman–Crippen MR) is 124 cm³/mol. The van der Waals surface area contributed by atoms with Crippen LogP contribution in [-0.2, 0) is 25.5 Å². The van der Waals surface area contributed by atoms with Crippen molar-refractivity contribution in [3.05, 3.63) is 48.6 Å². The van der Waals surface area contributed by atoms with Gasteiger partial charge in [-0.15, -0.1) is 6.58 Å². The van der Waals surface area contributed by atoms with E-state index in [9.17, 15) is 19.6 Å². The van der Waals surface area contributed by atoms with Gasteiger partial charge in [0.15, 0.2) is 0 Å². The van der Waals surface area contributed by atoms with E-state index in [0.717, 1.165) is 5.56 Å². The van der Waals surface area contributed by atoms with E-state index in [4.69, 9.17) is 4.74 Å². The second-order valence-corrected chi connectivity index (χ2v) is 8.47. The highest BCUT2D eigenvalue weighted by atomic mass is 16.5. The highest BCUT2D eigenvalue weighted by Crippen LogP contribution is 2.25. The molecule has 0 aliphatic heterocycles. The molecule has 0 radical (unpaired) electrons. The second-order valence-electron chi connectivity index (χ2n) is 8.47. The Morgan fingerprint density at radius 1 is 1.06 bits per heavy atom. The van der Waals surface area contributed by atoms with Gasteiger partial charge in [-0.05, 0) is 37.2 Å². The van der Waals surface area contributed by atoms with Crippen LogP contribution in [0, 0.1) is 17.8 Å². The Labute approximate surface area is 191 Å². The smallest absolute Gasteiger partial charge is 0.329 e. The maximum atomic E-state index is 13.3. The first-order chi connectivity index (χ1) is 15.3. The number of carbonyl (C=O) groups excluding carboxylic acids is 3. The first-order valence-corrected chi connectivity index (χ1v) is 11.4. The maximum absolute atomic E-state index is 13.3. The van der Waals surface area contributed by atoms with Crippen molar-refractivity contribution in [3.63, 3.8) is 0 Å². The van der Waals surface area contributed by atoms with E-state index >= 15 is 0 Å². The van der Waals surface area contributed by atoms with Crippen molar-refractivity contribution < 1.29 is 24.3 Å².